The van der Waals surface area contributed by atoms with Gasteiger partial charge in [0.2, 0.25) is 3.79 Å². The number of nitrogens with zero attached hydrogens (tertiary/aromatic N) is 1. The molecule has 10 heteroatoms. The molecule has 1 saturated heterocycles. The number of benzene rings is 1. The average molecular weight is 426 g/mol. The number of thiocarbonyl (C=S) groups is 1. The van der Waals surface area contributed by atoms with Crippen molar-refractivity contribution in [2.75, 3.05) is 31.6 Å². The van der Waals surface area contributed by atoms with Crippen LogP contribution in [0.5, 0.6) is 0 Å². The number of amides is 2. The van der Waals surface area contributed by atoms with Crippen molar-refractivity contribution >= 4 is 63.9 Å². The minimum atomic E-state index is -1.79. The zero-order valence-electron chi connectivity index (χ0n) is 13.5. The fraction of sp³-hybridized carbons (Fsp3) is 0.467. The van der Waals surface area contributed by atoms with Gasteiger partial charge in [-0.25, -0.2) is 4.79 Å². The Balaban J connectivity index is 1.97. The number of urea groups is 1. The van der Waals surface area contributed by atoms with E-state index in [2.05, 4.69) is 16.0 Å². The van der Waals surface area contributed by atoms with Gasteiger partial charge in [-0.1, -0.05) is 46.9 Å². The summed E-state index contributed by atoms with van der Waals surface area (Å²) in [5.74, 6) is 0. The molecule has 6 nitrogen and oxygen atoms in total. The number of anilines is 1. The first-order valence-corrected chi connectivity index (χ1v) is 9.14. The predicted octanol–water partition coefficient (Wildman–Crippen LogP) is 3.02. The summed E-state index contributed by atoms with van der Waals surface area (Å²) >= 11 is 23.2. The third-order valence-electron chi connectivity index (χ3n) is 3.44. The molecule has 1 aromatic carbocycles. The standard InChI is InChI=1S/C15H19Cl3N4O2S/c1-10-3-2-4-11(9-10)19-13(25)20-12(15(16,17)18)21-14(23)22-5-7-24-8-6-22/h2-4,9,12H,5-8H2,1H3,(H,21,23)(H2,19,20,25). The van der Waals surface area contributed by atoms with Crippen LogP contribution in [0.3, 0.4) is 0 Å². The molecule has 1 unspecified atom stereocenters. The molecule has 1 fully saturated rings. The van der Waals surface area contributed by atoms with E-state index < -0.39 is 9.96 Å². The summed E-state index contributed by atoms with van der Waals surface area (Å²) in [5, 5.41) is 8.70. The summed E-state index contributed by atoms with van der Waals surface area (Å²) in [6, 6.07) is 7.29. The number of halogens is 3. The predicted molar refractivity (Wildman–Crippen MR) is 106 cm³/mol. The van der Waals surface area contributed by atoms with Crippen LogP contribution in [0, 0.1) is 6.92 Å². The highest BCUT2D eigenvalue weighted by molar-refractivity contribution is 7.80. The molecule has 1 atom stereocenters. The van der Waals surface area contributed by atoms with E-state index in [0.29, 0.717) is 26.3 Å². The second-order valence-corrected chi connectivity index (χ2v) is 8.27. The Kier molecular flexibility index (Phi) is 7.39. The maximum Gasteiger partial charge on any atom is 0.319 e. The lowest BCUT2D eigenvalue weighted by molar-refractivity contribution is 0.0524. The first kappa shape index (κ1) is 20.3. The maximum atomic E-state index is 12.3. The van der Waals surface area contributed by atoms with E-state index in [0.717, 1.165) is 11.3 Å². The van der Waals surface area contributed by atoms with Crippen molar-refractivity contribution in [3.05, 3.63) is 29.8 Å². The molecule has 1 heterocycles. The molecular formula is C15H19Cl3N4O2S. The van der Waals surface area contributed by atoms with E-state index in [1.54, 1.807) is 4.90 Å². The molecule has 1 aliphatic rings. The van der Waals surface area contributed by atoms with Crippen LogP contribution in [0.4, 0.5) is 10.5 Å². The first-order chi connectivity index (χ1) is 11.8. The number of carbonyl (C=O) groups excluding carboxylic acids is 1. The fourth-order valence-corrected chi connectivity index (χ4v) is 2.77. The highest BCUT2D eigenvalue weighted by atomic mass is 35.6. The normalized spacial score (nSPS) is 16.1. The third-order valence-corrected chi connectivity index (χ3v) is 4.32. The molecule has 0 aliphatic carbocycles. The number of carbonyl (C=O) groups is 1. The van der Waals surface area contributed by atoms with Gasteiger partial charge in [-0.3, -0.25) is 0 Å². The van der Waals surface area contributed by atoms with Gasteiger partial charge in [0.25, 0.3) is 0 Å². The Hall–Kier alpha value is -0.990. The quantitative estimate of drug-likeness (QED) is 0.395. The smallest absolute Gasteiger partial charge is 0.319 e. The van der Waals surface area contributed by atoms with Gasteiger partial charge < -0.3 is 25.6 Å². The van der Waals surface area contributed by atoms with Gasteiger partial charge in [-0.05, 0) is 36.8 Å². The molecule has 0 saturated carbocycles. The van der Waals surface area contributed by atoms with Crippen molar-refractivity contribution in [2.45, 2.75) is 16.9 Å². The van der Waals surface area contributed by atoms with Crippen LogP contribution >= 0.6 is 47.0 Å². The maximum absolute atomic E-state index is 12.3. The highest BCUT2D eigenvalue weighted by Crippen LogP contribution is 2.29. The minimum Gasteiger partial charge on any atom is -0.378 e. The first-order valence-electron chi connectivity index (χ1n) is 7.60. The summed E-state index contributed by atoms with van der Waals surface area (Å²) in [7, 11) is 0. The van der Waals surface area contributed by atoms with Crippen LogP contribution in [0.1, 0.15) is 5.56 Å². The van der Waals surface area contributed by atoms with Crippen molar-refractivity contribution in [2.24, 2.45) is 0 Å². The van der Waals surface area contributed by atoms with Gasteiger partial charge >= 0.3 is 6.03 Å². The Labute approximate surface area is 167 Å². The Morgan fingerprint density at radius 2 is 1.96 bits per heavy atom. The van der Waals surface area contributed by atoms with Gasteiger partial charge in [0, 0.05) is 18.8 Å². The van der Waals surface area contributed by atoms with Gasteiger partial charge in [0.15, 0.2) is 11.3 Å². The largest absolute Gasteiger partial charge is 0.378 e. The highest BCUT2D eigenvalue weighted by Gasteiger charge is 2.35. The SMILES string of the molecule is Cc1cccc(NC(=S)NC(NC(=O)N2CCOCC2)C(Cl)(Cl)Cl)c1. The van der Waals surface area contributed by atoms with E-state index in [1.165, 1.54) is 0 Å². The van der Waals surface area contributed by atoms with Crippen molar-refractivity contribution < 1.29 is 9.53 Å². The lowest BCUT2D eigenvalue weighted by atomic mass is 10.2. The number of hydrogen-bond acceptors (Lipinski definition) is 3. The molecule has 138 valence electrons. The Bertz CT molecular complexity index is 621. The summed E-state index contributed by atoms with van der Waals surface area (Å²) < 4.78 is 3.43. The van der Waals surface area contributed by atoms with Crippen LogP contribution in [-0.4, -0.2) is 52.3 Å². The molecule has 0 radical (unpaired) electrons. The molecule has 2 rings (SSSR count). The number of morpholine rings is 1. The summed E-state index contributed by atoms with van der Waals surface area (Å²) in [5.41, 5.74) is 1.87. The van der Waals surface area contributed by atoms with Gasteiger partial charge in [-0.15, -0.1) is 0 Å². The fourth-order valence-electron chi connectivity index (χ4n) is 2.20. The summed E-state index contributed by atoms with van der Waals surface area (Å²) in [4.78, 5) is 13.9. The van der Waals surface area contributed by atoms with Crippen LogP contribution in [-0.2, 0) is 4.74 Å². The van der Waals surface area contributed by atoms with Crippen molar-refractivity contribution in [3.8, 4) is 0 Å². The second-order valence-electron chi connectivity index (χ2n) is 5.49. The molecule has 3 N–H and O–H groups in total. The van der Waals surface area contributed by atoms with Crippen molar-refractivity contribution in [3.63, 3.8) is 0 Å². The number of ether oxygens (including phenoxy) is 1. The van der Waals surface area contributed by atoms with Crippen LogP contribution in [0.15, 0.2) is 24.3 Å². The van der Waals surface area contributed by atoms with Crippen LogP contribution < -0.4 is 16.0 Å². The zero-order valence-corrected chi connectivity index (χ0v) is 16.6. The topological polar surface area (TPSA) is 65.6 Å². The number of aryl methyl sites for hydroxylation is 1. The van der Waals surface area contributed by atoms with E-state index in [1.807, 2.05) is 31.2 Å². The number of alkyl halides is 3. The van der Waals surface area contributed by atoms with Crippen LogP contribution in [0.2, 0.25) is 0 Å². The lowest BCUT2D eigenvalue weighted by Crippen LogP contribution is -2.59. The Morgan fingerprint density at radius 3 is 2.56 bits per heavy atom. The zero-order chi connectivity index (χ0) is 18.4. The number of rotatable bonds is 3. The Morgan fingerprint density at radius 1 is 1.28 bits per heavy atom. The molecule has 0 aromatic heterocycles. The second kappa shape index (κ2) is 9.09. The monoisotopic (exact) mass is 424 g/mol. The molecule has 0 spiro atoms. The number of nitrogens with one attached hydrogen (secondary N) is 3. The molecular weight excluding hydrogens is 407 g/mol. The van der Waals surface area contributed by atoms with E-state index in [4.69, 9.17) is 51.8 Å². The molecule has 1 aliphatic heterocycles. The molecule has 25 heavy (non-hydrogen) atoms. The molecule has 0 bridgehead atoms. The summed E-state index contributed by atoms with van der Waals surface area (Å²) in [6.45, 7) is 3.88. The van der Waals surface area contributed by atoms with Crippen molar-refractivity contribution in [1.82, 2.24) is 15.5 Å². The third kappa shape index (κ3) is 6.67. The van der Waals surface area contributed by atoms with Crippen LogP contribution in [0.25, 0.3) is 0 Å². The van der Waals surface area contributed by atoms with Gasteiger partial charge in [0.05, 0.1) is 13.2 Å². The van der Waals surface area contributed by atoms with E-state index >= 15 is 0 Å². The van der Waals surface area contributed by atoms with Gasteiger partial charge in [0.1, 0.15) is 0 Å². The van der Waals surface area contributed by atoms with Crippen molar-refractivity contribution in [1.29, 1.82) is 0 Å². The van der Waals surface area contributed by atoms with E-state index in [9.17, 15) is 4.79 Å². The van der Waals surface area contributed by atoms with E-state index in [-0.39, 0.29) is 11.1 Å². The van der Waals surface area contributed by atoms with Gasteiger partial charge in [-0.2, -0.15) is 0 Å². The average Bonchev–Trinajstić information content (AvgIpc) is 2.54. The summed E-state index contributed by atoms with van der Waals surface area (Å²) in [6.07, 6.45) is -1.00. The molecule has 2 amide bonds. The lowest BCUT2D eigenvalue weighted by Gasteiger charge is -2.32. The molecule has 1 aromatic rings. The number of hydrogen-bond donors (Lipinski definition) is 3. The minimum absolute atomic E-state index is 0.226.